The highest BCUT2D eigenvalue weighted by atomic mass is 16.5. The van der Waals surface area contributed by atoms with Crippen LogP contribution < -0.4 is 15.0 Å². The molecule has 5 heteroatoms. The maximum Gasteiger partial charge on any atom is 0.129 e. The van der Waals surface area contributed by atoms with Gasteiger partial charge in [0.25, 0.3) is 0 Å². The third-order valence-corrected chi connectivity index (χ3v) is 4.45. The molecule has 1 aromatic carbocycles. The van der Waals surface area contributed by atoms with Crippen molar-refractivity contribution < 1.29 is 4.74 Å². The molecule has 130 valence electrons. The Morgan fingerprint density at radius 3 is 2.96 bits per heavy atom. The maximum atomic E-state index is 5.90. The van der Waals surface area contributed by atoms with Crippen LogP contribution in [-0.2, 0) is 0 Å². The van der Waals surface area contributed by atoms with Crippen molar-refractivity contribution in [1.82, 2.24) is 15.5 Å². The molecule has 1 fully saturated rings. The number of aromatic nitrogens is 2. The number of piperazine rings is 1. The van der Waals surface area contributed by atoms with Crippen LogP contribution in [0.4, 0.5) is 5.69 Å². The molecule has 1 unspecified atom stereocenters. The molecule has 1 aliphatic heterocycles. The number of benzene rings is 1. The zero-order valence-corrected chi connectivity index (χ0v) is 14.9. The van der Waals surface area contributed by atoms with Crippen LogP contribution in [0.1, 0.15) is 27.2 Å². The first-order chi connectivity index (χ1) is 11.7. The van der Waals surface area contributed by atoms with E-state index in [-0.39, 0.29) is 0 Å². The van der Waals surface area contributed by atoms with Crippen molar-refractivity contribution >= 4 is 5.69 Å². The lowest BCUT2D eigenvalue weighted by Gasteiger charge is -2.36. The summed E-state index contributed by atoms with van der Waals surface area (Å²) in [6.45, 7) is 10.4. The number of nitrogens with zero attached hydrogens (tertiary/aromatic N) is 2. The summed E-state index contributed by atoms with van der Waals surface area (Å²) in [5, 5.41) is 10.6. The van der Waals surface area contributed by atoms with Crippen LogP contribution in [0.2, 0.25) is 0 Å². The molecule has 1 atom stereocenters. The van der Waals surface area contributed by atoms with Crippen LogP contribution in [0.25, 0.3) is 11.1 Å². The molecular formula is C19H28N4O. The topological polar surface area (TPSA) is 53.2 Å². The first-order valence-corrected chi connectivity index (χ1v) is 8.91. The number of hydrogen-bond acceptors (Lipinski definition) is 4. The van der Waals surface area contributed by atoms with E-state index in [1.165, 1.54) is 12.1 Å². The van der Waals surface area contributed by atoms with Crippen molar-refractivity contribution in [2.75, 3.05) is 31.1 Å². The minimum atomic E-state index is 0.558. The maximum absolute atomic E-state index is 5.90. The van der Waals surface area contributed by atoms with Crippen molar-refractivity contribution in [1.29, 1.82) is 0 Å². The average molecular weight is 328 g/mol. The van der Waals surface area contributed by atoms with Gasteiger partial charge >= 0.3 is 0 Å². The lowest BCUT2D eigenvalue weighted by atomic mass is 10.0. The summed E-state index contributed by atoms with van der Waals surface area (Å²) < 4.78 is 5.90. The van der Waals surface area contributed by atoms with Crippen molar-refractivity contribution in [2.24, 2.45) is 5.92 Å². The Kier molecular flexibility index (Phi) is 5.41. The third kappa shape index (κ3) is 3.90. The van der Waals surface area contributed by atoms with Crippen LogP contribution in [0.3, 0.4) is 0 Å². The summed E-state index contributed by atoms with van der Waals surface area (Å²) in [5.74, 6) is 1.64. The lowest BCUT2D eigenvalue weighted by molar-refractivity contribution is 0.341. The van der Waals surface area contributed by atoms with Crippen LogP contribution in [0, 0.1) is 5.92 Å². The molecule has 24 heavy (non-hydrogen) atoms. The van der Waals surface area contributed by atoms with E-state index in [4.69, 9.17) is 4.74 Å². The predicted molar refractivity (Wildman–Crippen MR) is 98.7 cm³/mol. The van der Waals surface area contributed by atoms with Gasteiger partial charge in [-0.15, -0.1) is 0 Å². The summed E-state index contributed by atoms with van der Waals surface area (Å²) in [6.07, 6.45) is 4.95. The molecule has 2 heterocycles. The van der Waals surface area contributed by atoms with Gasteiger partial charge < -0.3 is 15.0 Å². The lowest BCUT2D eigenvalue weighted by Crippen LogP contribution is -2.51. The number of hydrogen-bond donors (Lipinski definition) is 2. The fourth-order valence-corrected chi connectivity index (χ4v) is 3.41. The van der Waals surface area contributed by atoms with Crippen LogP contribution in [0.5, 0.6) is 5.75 Å². The second kappa shape index (κ2) is 7.71. The quantitative estimate of drug-likeness (QED) is 0.854. The monoisotopic (exact) mass is 328 g/mol. The molecule has 0 aliphatic carbocycles. The second-order valence-corrected chi connectivity index (χ2v) is 6.83. The first kappa shape index (κ1) is 16.8. The molecule has 5 nitrogen and oxygen atoms in total. The van der Waals surface area contributed by atoms with E-state index >= 15 is 0 Å². The first-order valence-electron chi connectivity index (χ1n) is 8.91. The molecule has 3 rings (SSSR count). The van der Waals surface area contributed by atoms with Crippen molar-refractivity contribution in [3.8, 4) is 16.9 Å². The number of rotatable bonds is 6. The zero-order valence-electron chi connectivity index (χ0n) is 14.9. The average Bonchev–Trinajstić information content (AvgIpc) is 3.09. The SMILES string of the molecule is CCOc1cc(N2CCNC(CC(C)C)C2)ccc1-c1cn[nH]c1. The van der Waals surface area contributed by atoms with Crippen LogP contribution >= 0.6 is 0 Å². The van der Waals surface area contributed by atoms with Gasteiger partial charge in [-0.3, -0.25) is 5.10 Å². The Hall–Kier alpha value is -2.01. The normalized spacial score (nSPS) is 18.2. The Morgan fingerprint density at radius 1 is 1.38 bits per heavy atom. The molecule has 2 aromatic rings. The summed E-state index contributed by atoms with van der Waals surface area (Å²) in [7, 11) is 0. The van der Waals surface area contributed by atoms with Gasteiger partial charge in [-0.1, -0.05) is 13.8 Å². The smallest absolute Gasteiger partial charge is 0.129 e. The Bertz CT molecular complexity index is 639. The van der Waals surface area contributed by atoms with Gasteiger partial charge in [-0.2, -0.15) is 5.10 Å². The number of anilines is 1. The van der Waals surface area contributed by atoms with Gasteiger partial charge in [0.2, 0.25) is 0 Å². The van der Waals surface area contributed by atoms with E-state index in [0.717, 1.165) is 36.5 Å². The highest BCUT2D eigenvalue weighted by Crippen LogP contribution is 2.34. The molecule has 1 saturated heterocycles. The zero-order chi connectivity index (χ0) is 16.9. The molecule has 0 bridgehead atoms. The van der Waals surface area contributed by atoms with Gasteiger partial charge in [-0.05, 0) is 31.4 Å². The number of aromatic amines is 1. The van der Waals surface area contributed by atoms with Gasteiger partial charge in [-0.25, -0.2) is 0 Å². The molecular weight excluding hydrogens is 300 g/mol. The van der Waals surface area contributed by atoms with E-state index in [1.54, 1.807) is 0 Å². The number of nitrogens with one attached hydrogen (secondary N) is 2. The van der Waals surface area contributed by atoms with E-state index < -0.39 is 0 Å². The van der Waals surface area contributed by atoms with Crippen molar-refractivity contribution in [2.45, 2.75) is 33.2 Å². The van der Waals surface area contributed by atoms with E-state index in [1.807, 2.05) is 19.3 Å². The highest BCUT2D eigenvalue weighted by Gasteiger charge is 2.21. The van der Waals surface area contributed by atoms with Gasteiger partial charge in [0.1, 0.15) is 5.75 Å². The molecule has 0 saturated carbocycles. The molecule has 0 amide bonds. The van der Waals surface area contributed by atoms with Gasteiger partial charge in [0.05, 0.1) is 12.8 Å². The van der Waals surface area contributed by atoms with Crippen molar-refractivity contribution in [3.05, 3.63) is 30.6 Å². The summed E-state index contributed by atoms with van der Waals surface area (Å²) in [4.78, 5) is 2.46. The van der Waals surface area contributed by atoms with E-state index in [9.17, 15) is 0 Å². The van der Waals surface area contributed by atoms with Crippen LogP contribution in [0.15, 0.2) is 30.6 Å². The fraction of sp³-hybridized carbons (Fsp3) is 0.526. The molecule has 0 radical (unpaired) electrons. The summed E-state index contributed by atoms with van der Waals surface area (Å²) >= 11 is 0. The summed E-state index contributed by atoms with van der Waals surface area (Å²) in [6, 6.07) is 7.07. The third-order valence-electron chi connectivity index (χ3n) is 4.45. The highest BCUT2D eigenvalue weighted by molar-refractivity contribution is 5.73. The molecule has 1 aliphatic rings. The standard InChI is InChI=1S/C19H28N4O/c1-4-24-19-10-17(5-6-18(19)15-11-21-22-12-15)23-8-7-20-16(13-23)9-14(2)3/h5-6,10-12,14,16,20H,4,7-9,13H2,1-3H3,(H,21,22). The second-order valence-electron chi connectivity index (χ2n) is 6.83. The summed E-state index contributed by atoms with van der Waals surface area (Å²) in [5.41, 5.74) is 3.38. The number of H-pyrrole nitrogens is 1. The van der Waals surface area contributed by atoms with E-state index in [2.05, 4.69) is 52.5 Å². The Morgan fingerprint density at radius 2 is 2.25 bits per heavy atom. The Labute approximate surface area is 144 Å². The van der Waals surface area contributed by atoms with E-state index in [0.29, 0.717) is 18.6 Å². The fourth-order valence-electron chi connectivity index (χ4n) is 3.41. The van der Waals surface area contributed by atoms with Crippen LogP contribution in [-0.4, -0.2) is 42.5 Å². The molecule has 1 aromatic heterocycles. The molecule has 2 N–H and O–H groups in total. The minimum Gasteiger partial charge on any atom is -0.493 e. The number of ether oxygens (including phenoxy) is 1. The largest absolute Gasteiger partial charge is 0.493 e. The van der Waals surface area contributed by atoms with Gasteiger partial charge in [0, 0.05) is 54.8 Å². The Balaban J connectivity index is 1.82. The predicted octanol–water partition coefficient (Wildman–Crippen LogP) is 3.30. The molecule has 0 spiro atoms. The minimum absolute atomic E-state index is 0.558. The van der Waals surface area contributed by atoms with Crippen molar-refractivity contribution in [3.63, 3.8) is 0 Å². The van der Waals surface area contributed by atoms with Gasteiger partial charge in [0.15, 0.2) is 0 Å².